The van der Waals surface area contributed by atoms with E-state index in [1.54, 1.807) is 0 Å². The predicted octanol–water partition coefficient (Wildman–Crippen LogP) is 2.15. The van der Waals surface area contributed by atoms with Crippen molar-refractivity contribution in [1.82, 2.24) is 0 Å². The van der Waals surface area contributed by atoms with Gasteiger partial charge in [0.2, 0.25) is 0 Å². The second kappa shape index (κ2) is 10.6. The van der Waals surface area contributed by atoms with Crippen LogP contribution in [0.15, 0.2) is 81.8 Å². The van der Waals surface area contributed by atoms with Crippen LogP contribution >= 0.6 is 0 Å². The summed E-state index contributed by atoms with van der Waals surface area (Å²) >= 11 is 0. The summed E-state index contributed by atoms with van der Waals surface area (Å²) in [5.41, 5.74) is 5.52. The van der Waals surface area contributed by atoms with E-state index in [9.17, 15) is 9.59 Å². The fourth-order valence-corrected chi connectivity index (χ4v) is 5.31. The average molecular weight is 573 g/mol. The number of rotatable bonds is 6. The van der Waals surface area contributed by atoms with Gasteiger partial charge in [0.1, 0.15) is 17.4 Å². The molecule has 2 aliphatic rings. The number of aromatic nitrogens is 1. The Kier molecular flexibility index (Phi) is 7.21. The van der Waals surface area contributed by atoms with Gasteiger partial charge in [-0.2, -0.15) is 0 Å². The van der Waals surface area contributed by atoms with Crippen molar-refractivity contribution in [3.05, 3.63) is 94.1 Å². The topological polar surface area (TPSA) is 63.6 Å². The molecule has 38 heavy (non-hydrogen) atoms. The van der Waals surface area contributed by atoms with Gasteiger partial charge in [-0.1, -0.05) is 0 Å². The number of nitrogens with zero attached hydrogens (tertiary/aromatic N) is 2. The molecule has 0 spiro atoms. The number of halogens is 1. The first-order valence-electron chi connectivity index (χ1n) is 12.9. The van der Waals surface area contributed by atoms with Gasteiger partial charge >= 0.3 is 5.63 Å². The summed E-state index contributed by atoms with van der Waals surface area (Å²) in [6, 6.07) is 17.9. The number of fused-ring (bicyclic) bond motifs is 3. The van der Waals surface area contributed by atoms with Crippen LogP contribution in [-0.4, -0.2) is 25.0 Å². The molecule has 4 aromatic rings. The summed E-state index contributed by atoms with van der Waals surface area (Å²) in [5.74, 6) is 1.02. The zero-order chi connectivity index (χ0) is 25.5. The molecule has 0 N–H and O–H groups in total. The highest BCUT2D eigenvalue weighted by Gasteiger charge is 2.33. The summed E-state index contributed by atoms with van der Waals surface area (Å²) in [7, 11) is 0. The monoisotopic (exact) mass is 572 g/mol. The Balaban J connectivity index is 0.00000294. The number of hydrogen-bond donors (Lipinski definition) is 0. The van der Waals surface area contributed by atoms with Crippen LogP contribution in [0.25, 0.3) is 28.2 Å². The van der Waals surface area contributed by atoms with Gasteiger partial charge in [-0.25, -0.2) is 9.36 Å². The molecule has 194 valence electrons. The molecule has 0 amide bonds. The summed E-state index contributed by atoms with van der Waals surface area (Å²) < 4.78 is 13.8. The van der Waals surface area contributed by atoms with Crippen molar-refractivity contribution in [3.63, 3.8) is 0 Å². The highest BCUT2D eigenvalue weighted by Crippen LogP contribution is 2.36. The van der Waals surface area contributed by atoms with Crippen LogP contribution in [0.3, 0.4) is 0 Å². The number of carbonyl (C=O) groups is 1. The maximum atomic E-state index is 12.8. The number of anilines is 1. The fourth-order valence-electron chi connectivity index (χ4n) is 5.31. The van der Waals surface area contributed by atoms with Gasteiger partial charge in [-0.05, 0) is 62.7 Å². The largest absolute Gasteiger partial charge is 1.00 e. The Morgan fingerprint density at radius 1 is 0.974 bits per heavy atom. The maximum Gasteiger partial charge on any atom is 0.344 e. The van der Waals surface area contributed by atoms with Crippen LogP contribution in [0.1, 0.15) is 37.8 Å². The SMILES string of the molecule is CCN(CC)c1ccc2cc(-c3cc[n+](Cc4ccc5c(c4)C=C4C(=O)CCC4O5)cc3)c(=O)oc2c1.[Br-]. The smallest absolute Gasteiger partial charge is 0.344 e. The number of ether oxygens (including phenoxy) is 1. The molecule has 1 saturated carbocycles. The van der Waals surface area contributed by atoms with Crippen LogP contribution in [0.5, 0.6) is 5.75 Å². The van der Waals surface area contributed by atoms with Gasteiger partial charge in [-0.15, -0.1) is 0 Å². The minimum Gasteiger partial charge on any atom is -1.00 e. The fraction of sp³-hybridized carbons (Fsp3) is 0.258. The Morgan fingerprint density at radius 3 is 2.53 bits per heavy atom. The normalized spacial score (nSPS) is 15.8. The molecule has 3 heterocycles. The van der Waals surface area contributed by atoms with E-state index in [0.717, 1.165) is 58.6 Å². The Labute approximate surface area is 231 Å². The van der Waals surface area contributed by atoms with Crippen molar-refractivity contribution < 1.29 is 35.5 Å². The number of hydrogen-bond acceptors (Lipinski definition) is 5. The van der Waals surface area contributed by atoms with E-state index in [0.29, 0.717) is 24.1 Å². The first-order chi connectivity index (χ1) is 18.0. The molecular formula is C31H29BrN2O4. The van der Waals surface area contributed by atoms with Crippen molar-refractivity contribution in [2.75, 3.05) is 18.0 Å². The third kappa shape index (κ3) is 4.78. The van der Waals surface area contributed by atoms with Gasteiger partial charge in [-0.3, -0.25) is 4.79 Å². The van der Waals surface area contributed by atoms with Gasteiger partial charge in [0.15, 0.2) is 24.7 Å². The summed E-state index contributed by atoms with van der Waals surface area (Å²) in [4.78, 5) is 27.2. The molecular weight excluding hydrogens is 544 g/mol. The lowest BCUT2D eigenvalue weighted by molar-refractivity contribution is -0.688. The van der Waals surface area contributed by atoms with Gasteiger partial charge in [0.25, 0.3) is 0 Å². The standard InChI is InChI=1S/C31H29N2O4.BrH/c1-3-33(4-2)24-7-6-22-16-25(31(35)37-30(22)18-24)21-11-13-32(14-12-21)19-20-5-9-28-23(15-20)17-26-27(34)8-10-29(26)36-28;/h5-7,9,11-18,29H,3-4,8,10,19H2,1-2H3;1H/q+1;/p-1. The molecule has 2 aromatic carbocycles. The van der Waals surface area contributed by atoms with Crippen molar-refractivity contribution in [2.24, 2.45) is 0 Å². The molecule has 1 fully saturated rings. The minimum atomic E-state index is -0.343. The molecule has 1 atom stereocenters. The third-order valence-corrected chi connectivity index (χ3v) is 7.37. The number of Topliss-reactive ketones (excluding diaryl/α,β-unsaturated/α-hetero) is 1. The molecule has 0 saturated heterocycles. The summed E-state index contributed by atoms with van der Waals surface area (Å²) in [6.45, 7) is 6.67. The minimum absolute atomic E-state index is 0. The van der Waals surface area contributed by atoms with Crippen molar-refractivity contribution in [2.45, 2.75) is 39.3 Å². The van der Waals surface area contributed by atoms with Gasteiger partial charge < -0.3 is 31.0 Å². The van der Waals surface area contributed by atoms with E-state index in [2.05, 4.69) is 41.5 Å². The molecule has 0 bridgehead atoms. The first kappa shape index (κ1) is 25.9. The predicted molar refractivity (Wildman–Crippen MR) is 144 cm³/mol. The molecule has 1 aliphatic heterocycles. The average Bonchev–Trinajstić information content (AvgIpc) is 3.27. The van der Waals surface area contributed by atoms with E-state index < -0.39 is 0 Å². The van der Waals surface area contributed by atoms with Crippen molar-refractivity contribution in [3.8, 4) is 16.9 Å². The second-order valence-corrected chi connectivity index (χ2v) is 9.64. The number of carbonyl (C=O) groups excluding carboxylic acids is 1. The molecule has 7 heteroatoms. The van der Waals surface area contributed by atoms with E-state index in [1.165, 1.54) is 0 Å². The van der Waals surface area contributed by atoms with Crippen LogP contribution in [0.4, 0.5) is 5.69 Å². The number of ketones is 1. The lowest BCUT2D eigenvalue weighted by Gasteiger charge is -2.21. The number of pyridine rings is 1. The quantitative estimate of drug-likeness (QED) is 0.262. The summed E-state index contributed by atoms with van der Waals surface area (Å²) in [5, 5.41) is 0.899. The van der Waals surface area contributed by atoms with E-state index >= 15 is 0 Å². The van der Waals surface area contributed by atoms with E-state index in [4.69, 9.17) is 9.15 Å². The highest BCUT2D eigenvalue weighted by atomic mass is 79.9. The zero-order valence-corrected chi connectivity index (χ0v) is 23.0. The summed E-state index contributed by atoms with van der Waals surface area (Å²) in [6.07, 6.45) is 7.15. The molecule has 0 radical (unpaired) electrons. The Hall–Kier alpha value is -3.71. The second-order valence-electron chi connectivity index (χ2n) is 9.64. The Morgan fingerprint density at radius 2 is 1.76 bits per heavy atom. The number of benzene rings is 2. The third-order valence-electron chi connectivity index (χ3n) is 7.37. The van der Waals surface area contributed by atoms with Crippen molar-refractivity contribution >= 4 is 28.5 Å². The van der Waals surface area contributed by atoms with Crippen LogP contribution in [-0.2, 0) is 11.3 Å². The highest BCUT2D eigenvalue weighted by molar-refractivity contribution is 6.03. The first-order valence-corrected chi connectivity index (χ1v) is 12.9. The molecule has 6 rings (SSSR count). The molecule has 2 aromatic heterocycles. The van der Waals surface area contributed by atoms with Crippen molar-refractivity contribution in [1.29, 1.82) is 0 Å². The van der Waals surface area contributed by atoms with Crippen LogP contribution in [0.2, 0.25) is 0 Å². The van der Waals surface area contributed by atoms with E-state index in [-0.39, 0.29) is 34.5 Å². The van der Waals surface area contributed by atoms with Gasteiger partial charge in [0.05, 0.1) is 5.56 Å². The maximum absolute atomic E-state index is 12.8. The molecule has 6 nitrogen and oxygen atoms in total. The lowest BCUT2D eigenvalue weighted by atomic mass is 10.0. The lowest BCUT2D eigenvalue weighted by Crippen LogP contribution is -3.00. The Bertz CT molecular complexity index is 1600. The van der Waals surface area contributed by atoms with Crippen LogP contribution in [0, 0.1) is 0 Å². The molecule has 1 aliphatic carbocycles. The molecule has 1 unspecified atom stereocenters. The van der Waals surface area contributed by atoms with Crippen LogP contribution < -0.4 is 36.8 Å². The zero-order valence-electron chi connectivity index (χ0n) is 21.4. The van der Waals surface area contributed by atoms with Gasteiger partial charge in [0, 0.05) is 71.0 Å². The van der Waals surface area contributed by atoms with E-state index in [1.807, 2.05) is 54.9 Å².